The van der Waals surface area contributed by atoms with Crippen molar-refractivity contribution in [1.29, 1.82) is 0 Å². The lowest BCUT2D eigenvalue weighted by molar-refractivity contribution is 0.462. The van der Waals surface area contributed by atoms with Gasteiger partial charge in [0.1, 0.15) is 5.82 Å². The van der Waals surface area contributed by atoms with Crippen LogP contribution >= 0.6 is 0 Å². The van der Waals surface area contributed by atoms with Crippen molar-refractivity contribution in [2.45, 2.75) is 38.1 Å². The normalized spacial score (nSPS) is 17.8. The van der Waals surface area contributed by atoms with Crippen LogP contribution in [-0.2, 0) is 0 Å². The van der Waals surface area contributed by atoms with E-state index < -0.39 is 0 Å². The number of H-pyrrole nitrogens is 1. The van der Waals surface area contributed by atoms with Gasteiger partial charge in [-0.2, -0.15) is 5.10 Å². The number of nitrogens with zero attached hydrogens (tertiary/aromatic N) is 2. The van der Waals surface area contributed by atoms with Gasteiger partial charge in [0, 0.05) is 12.2 Å². The van der Waals surface area contributed by atoms with Crippen LogP contribution in [0.25, 0.3) is 10.9 Å². The third kappa shape index (κ3) is 1.75. The summed E-state index contributed by atoms with van der Waals surface area (Å²) >= 11 is 0. The zero-order valence-electron chi connectivity index (χ0n) is 9.24. The average molecular weight is 216 g/mol. The quantitative estimate of drug-likeness (QED) is 0.811. The molecule has 3 rings (SSSR count). The van der Waals surface area contributed by atoms with Gasteiger partial charge in [0.15, 0.2) is 0 Å². The van der Waals surface area contributed by atoms with Crippen LogP contribution in [0.5, 0.6) is 0 Å². The molecule has 0 unspecified atom stereocenters. The van der Waals surface area contributed by atoms with Crippen LogP contribution in [0.3, 0.4) is 0 Å². The second-order valence-electron chi connectivity index (χ2n) is 4.47. The molecule has 4 nitrogen and oxygen atoms in total. The molecule has 0 spiro atoms. The number of hydrogen-bond acceptors (Lipinski definition) is 3. The summed E-state index contributed by atoms with van der Waals surface area (Å²) in [4.78, 5) is 4.40. The maximum absolute atomic E-state index is 4.40. The van der Waals surface area contributed by atoms with Crippen molar-refractivity contribution in [3.8, 4) is 0 Å². The molecule has 16 heavy (non-hydrogen) atoms. The van der Waals surface area contributed by atoms with E-state index in [4.69, 9.17) is 0 Å². The Morgan fingerprint density at radius 2 is 2.12 bits per heavy atom. The van der Waals surface area contributed by atoms with Crippen LogP contribution in [0.2, 0.25) is 0 Å². The summed E-state index contributed by atoms with van der Waals surface area (Å²) in [5.41, 5.74) is 1.05. The molecule has 0 saturated heterocycles. The van der Waals surface area contributed by atoms with Crippen molar-refractivity contribution in [2.75, 3.05) is 5.32 Å². The molecule has 0 radical (unpaired) electrons. The van der Waals surface area contributed by atoms with Gasteiger partial charge in [-0.3, -0.25) is 5.10 Å². The lowest BCUT2D eigenvalue weighted by Crippen LogP contribution is -2.22. The van der Waals surface area contributed by atoms with Crippen LogP contribution in [0.1, 0.15) is 32.1 Å². The van der Waals surface area contributed by atoms with Crippen LogP contribution in [0, 0.1) is 0 Å². The average Bonchev–Trinajstić information content (AvgIpc) is 2.80. The molecule has 2 aromatic heterocycles. The van der Waals surface area contributed by atoms with Gasteiger partial charge in [-0.1, -0.05) is 19.3 Å². The first-order chi connectivity index (χ1) is 7.93. The van der Waals surface area contributed by atoms with Crippen LogP contribution in [0.4, 0.5) is 5.82 Å². The van der Waals surface area contributed by atoms with E-state index in [0.717, 1.165) is 16.7 Å². The van der Waals surface area contributed by atoms with Gasteiger partial charge in [-0.05, 0) is 18.9 Å². The monoisotopic (exact) mass is 216 g/mol. The molecule has 1 fully saturated rings. The Morgan fingerprint density at radius 1 is 1.25 bits per heavy atom. The highest BCUT2D eigenvalue weighted by molar-refractivity contribution is 5.88. The Morgan fingerprint density at radius 3 is 3.00 bits per heavy atom. The SMILES string of the molecule is c1cc2[nH]ncc2c(NC2CCCCC2)n1. The second kappa shape index (κ2) is 4.12. The van der Waals surface area contributed by atoms with Crippen LogP contribution < -0.4 is 5.32 Å². The highest BCUT2D eigenvalue weighted by Crippen LogP contribution is 2.24. The summed E-state index contributed by atoms with van der Waals surface area (Å²) in [7, 11) is 0. The fraction of sp³-hybridized carbons (Fsp3) is 0.500. The second-order valence-corrected chi connectivity index (χ2v) is 4.47. The standard InChI is InChI=1S/C12H16N4/c1-2-4-9(5-3-1)15-12-10-8-14-16-11(10)6-7-13-12/h6-9H,1-5H2,(H,13,15)(H,14,16). The van der Waals surface area contributed by atoms with E-state index in [9.17, 15) is 0 Å². The Kier molecular flexibility index (Phi) is 2.48. The number of aromatic nitrogens is 3. The highest BCUT2D eigenvalue weighted by atomic mass is 15.1. The Bertz CT molecular complexity index is 471. The van der Waals surface area contributed by atoms with Crippen molar-refractivity contribution in [3.05, 3.63) is 18.5 Å². The molecule has 1 aliphatic rings. The molecular weight excluding hydrogens is 200 g/mol. The fourth-order valence-corrected chi connectivity index (χ4v) is 2.42. The highest BCUT2D eigenvalue weighted by Gasteiger charge is 2.14. The molecule has 2 N–H and O–H groups in total. The zero-order chi connectivity index (χ0) is 10.8. The number of hydrogen-bond donors (Lipinski definition) is 2. The van der Waals surface area contributed by atoms with Gasteiger partial charge in [0.25, 0.3) is 0 Å². The Balaban J connectivity index is 1.85. The van der Waals surface area contributed by atoms with E-state index in [1.54, 1.807) is 0 Å². The summed E-state index contributed by atoms with van der Waals surface area (Å²) in [5, 5.41) is 11.6. The minimum atomic E-state index is 0.585. The predicted molar refractivity (Wildman–Crippen MR) is 64.4 cm³/mol. The van der Waals surface area contributed by atoms with Gasteiger partial charge < -0.3 is 5.32 Å². The molecule has 1 aliphatic carbocycles. The molecule has 1 saturated carbocycles. The van der Waals surface area contributed by atoms with Crippen molar-refractivity contribution in [1.82, 2.24) is 15.2 Å². The van der Waals surface area contributed by atoms with Gasteiger partial charge in [-0.25, -0.2) is 4.98 Å². The summed E-state index contributed by atoms with van der Waals surface area (Å²) in [5.74, 6) is 0.971. The van der Waals surface area contributed by atoms with E-state index in [0.29, 0.717) is 6.04 Å². The lowest BCUT2D eigenvalue weighted by Gasteiger charge is -2.23. The van der Waals surface area contributed by atoms with E-state index in [-0.39, 0.29) is 0 Å². The summed E-state index contributed by atoms with van der Waals surface area (Å²) < 4.78 is 0. The minimum absolute atomic E-state index is 0.585. The molecule has 84 valence electrons. The predicted octanol–water partition coefficient (Wildman–Crippen LogP) is 2.70. The molecule has 0 aliphatic heterocycles. The molecule has 0 amide bonds. The van der Waals surface area contributed by atoms with E-state index in [1.165, 1.54) is 32.1 Å². The van der Waals surface area contributed by atoms with Crippen LogP contribution in [-0.4, -0.2) is 21.2 Å². The van der Waals surface area contributed by atoms with Crippen molar-refractivity contribution in [2.24, 2.45) is 0 Å². The van der Waals surface area contributed by atoms with E-state index in [1.807, 2.05) is 18.5 Å². The van der Waals surface area contributed by atoms with Gasteiger partial charge in [0.2, 0.25) is 0 Å². The van der Waals surface area contributed by atoms with Gasteiger partial charge in [0.05, 0.1) is 17.1 Å². The van der Waals surface area contributed by atoms with Crippen molar-refractivity contribution >= 4 is 16.7 Å². The Hall–Kier alpha value is -1.58. The molecular formula is C12H16N4. The maximum atomic E-state index is 4.40. The van der Waals surface area contributed by atoms with Crippen molar-refractivity contribution in [3.63, 3.8) is 0 Å². The van der Waals surface area contributed by atoms with Crippen molar-refractivity contribution < 1.29 is 0 Å². The third-order valence-corrected chi connectivity index (χ3v) is 3.31. The summed E-state index contributed by atoms with van der Waals surface area (Å²) in [6.07, 6.45) is 10.2. The molecule has 2 heterocycles. The molecule has 0 aromatic carbocycles. The number of nitrogens with one attached hydrogen (secondary N) is 2. The summed E-state index contributed by atoms with van der Waals surface area (Å²) in [6, 6.07) is 2.54. The number of fused-ring (bicyclic) bond motifs is 1. The Labute approximate surface area is 94.5 Å². The first-order valence-electron chi connectivity index (χ1n) is 5.98. The first kappa shape index (κ1) is 9.63. The third-order valence-electron chi connectivity index (χ3n) is 3.31. The fourth-order valence-electron chi connectivity index (χ4n) is 2.42. The van der Waals surface area contributed by atoms with Gasteiger partial charge in [-0.15, -0.1) is 0 Å². The number of rotatable bonds is 2. The molecule has 2 aromatic rings. The van der Waals surface area contributed by atoms with Gasteiger partial charge >= 0.3 is 0 Å². The molecule has 4 heteroatoms. The number of pyridine rings is 1. The largest absolute Gasteiger partial charge is 0.367 e. The molecule has 0 bridgehead atoms. The van der Waals surface area contributed by atoms with E-state index in [2.05, 4.69) is 20.5 Å². The number of anilines is 1. The molecule has 0 atom stereocenters. The lowest BCUT2D eigenvalue weighted by atomic mass is 9.95. The summed E-state index contributed by atoms with van der Waals surface area (Å²) in [6.45, 7) is 0. The maximum Gasteiger partial charge on any atom is 0.137 e. The smallest absolute Gasteiger partial charge is 0.137 e. The number of aromatic amines is 1. The minimum Gasteiger partial charge on any atom is -0.367 e. The van der Waals surface area contributed by atoms with Crippen LogP contribution in [0.15, 0.2) is 18.5 Å². The first-order valence-corrected chi connectivity index (χ1v) is 5.98. The topological polar surface area (TPSA) is 53.6 Å². The zero-order valence-corrected chi connectivity index (χ0v) is 9.24. The van der Waals surface area contributed by atoms with E-state index >= 15 is 0 Å².